The molecule has 0 radical (unpaired) electrons. The molecule has 3 N–H and O–H groups in total. The first-order valence-corrected chi connectivity index (χ1v) is 36.1. The molecule has 0 aliphatic rings. The summed E-state index contributed by atoms with van der Waals surface area (Å²) in [6.45, 7) is 4.94. The summed E-state index contributed by atoms with van der Waals surface area (Å²) in [4.78, 5) is 24.5. The van der Waals surface area contributed by atoms with Crippen LogP contribution in [0.4, 0.5) is 0 Å². The zero-order chi connectivity index (χ0) is 57.1. The number of esters is 1. The highest BCUT2D eigenvalue weighted by atomic mass is 16.5. The molecule has 0 rings (SSSR count). The maximum atomic E-state index is 12.5. The van der Waals surface area contributed by atoms with Crippen molar-refractivity contribution in [2.75, 3.05) is 13.2 Å². The third-order valence-corrected chi connectivity index (χ3v) is 17.0. The summed E-state index contributed by atoms with van der Waals surface area (Å²) in [5.74, 6) is -0.0451. The SMILES string of the molecule is CCCCCCCCCCCCCCCCCCCCC/C=C/C(O)C(CO)NC(=O)CCCCCCCCCCCCCCCC/C=C\CCCCCCCCCCCCCCOC(=O)CCCCCCCCCCCCC. The summed E-state index contributed by atoms with van der Waals surface area (Å²) < 4.78 is 5.47. The summed E-state index contributed by atoms with van der Waals surface area (Å²) in [7, 11) is 0. The van der Waals surface area contributed by atoms with Crippen molar-refractivity contribution in [1.82, 2.24) is 5.32 Å². The molecular formula is C73H141NO5. The van der Waals surface area contributed by atoms with Crippen molar-refractivity contribution in [3.8, 4) is 0 Å². The first-order chi connectivity index (χ1) is 39.0. The van der Waals surface area contributed by atoms with E-state index in [1.165, 1.54) is 340 Å². The van der Waals surface area contributed by atoms with Gasteiger partial charge in [-0.05, 0) is 57.8 Å². The summed E-state index contributed by atoms with van der Waals surface area (Å²) in [5, 5.41) is 23.3. The molecule has 79 heavy (non-hydrogen) atoms. The topological polar surface area (TPSA) is 95.9 Å². The number of hydrogen-bond donors (Lipinski definition) is 3. The van der Waals surface area contributed by atoms with Gasteiger partial charge >= 0.3 is 5.97 Å². The van der Waals surface area contributed by atoms with Crippen molar-refractivity contribution in [2.24, 2.45) is 0 Å². The summed E-state index contributed by atoms with van der Waals surface area (Å²) in [5.41, 5.74) is 0. The van der Waals surface area contributed by atoms with Gasteiger partial charge in [-0.1, -0.05) is 359 Å². The molecule has 2 unspecified atom stereocenters. The molecule has 6 nitrogen and oxygen atoms in total. The van der Waals surface area contributed by atoms with E-state index in [1.54, 1.807) is 6.08 Å². The standard InChI is InChI=1S/C73H141NO5/c1-3-5-7-9-11-13-15-16-17-18-19-30-33-36-39-42-46-49-53-57-61-65-71(76)70(69-75)74-72(77)66-62-58-54-50-47-43-40-37-34-31-28-26-24-22-20-21-23-25-27-29-32-35-38-41-44-48-52-56-60-64-68-79-73(78)67-63-59-55-51-45-14-12-10-8-6-4-2/h21,23,61,65,70-71,75-76H,3-20,22,24-60,62-64,66-69H2,1-2H3,(H,74,77)/b23-21-,65-61+. The molecule has 468 valence electrons. The number of rotatable bonds is 68. The van der Waals surface area contributed by atoms with Crippen LogP contribution in [-0.2, 0) is 14.3 Å². The number of aliphatic hydroxyl groups excluding tert-OH is 2. The zero-order valence-corrected chi connectivity index (χ0v) is 53.6. The molecule has 0 aliphatic heterocycles. The van der Waals surface area contributed by atoms with E-state index < -0.39 is 12.1 Å². The smallest absolute Gasteiger partial charge is 0.305 e. The highest BCUT2D eigenvalue weighted by Crippen LogP contribution is 2.19. The van der Waals surface area contributed by atoms with Gasteiger partial charge < -0.3 is 20.3 Å². The fourth-order valence-electron chi connectivity index (χ4n) is 11.5. The van der Waals surface area contributed by atoms with E-state index in [2.05, 4.69) is 31.3 Å². The van der Waals surface area contributed by atoms with Crippen LogP contribution in [0.15, 0.2) is 24.3 Å². The molecule has 0 heterocycles. The first kappa shape index (κ1) is 77.3. The summed E-state index contributed by atoms with van der Waals surface area (Å²) >= 11 is 0. The van der Waals surface area contributed by atoms with E-state index in [9.17, 15) is 19.8 Å². The van der Waals surface area contributed by atoms with Crippen LogP contribution in [0.1, 0.15) is 406 Å². The molecule has 0 spiro atoms. The molecule has 0 aromatic carbocycles. The molecular weight excluding hydrogens is 971 g/mol. The monoisotopic (exact) mass is 1110 g/mol. The van der Waals surface area contributed by atoms with Crippen molar-refractivity contribution < 1.29 is 24.5 Å². The largest absolute Gasteiger partial charge is 0.466 e. The molecule has 2 atom stereocenters. The fraction of sp³-hybridized carbons (Fsp3) is 0.918. The predicted molar refractivity (Wildman–Crippen MR) is 347 cm³/mol. The molecule has 0 aliphatic carbocycles. The van der Waals surface area contributed by atoms with E-state index in [0.29, 0.717) is 19.4 Å². The van der Waals surface area contributed by atoms with Crippen molar-refractivity contribution in [3.05, 3.63) is 24.3 Å². The second-order valence-corrected chi connectivity index (χ2v) is 24.9. The zero-order valence-electron chi connectivity index (χ0n) is 53.6. The minimum absolute atomic E-state index is 0.0171. The number of amides is 1. The molecule has 0 aromatic heterocycles. The lowest BCUT2D eigenvalue weighted by Crippen LogP contribution is -2.45. The van der Waals surface area contributed by atoms with E-state index >= 15 is 0 Å². The Morgan fingerprint density at radius 2 is 0.595 bits per heavy atom. The van der Waals surface area contributed by atoms with Crippen molar-refractivity contribution in [1.29, 1.82) is 0 Å². The van der Waals surface area contributed by atoms with E-state index in [1.807, 2.05) is 6.08 Å². The maximum absolute atomic E-state index is 12.5. The van der Waals surface area contributed by atoms with Gasteiger partial charge in [-0.2, -0.15) is 0 Å². The predicted octanol–water partition coefficient (Wildman–Crippen LogP) is 23.3. The Labute approximate surface area is 494 Å². The van der Waals surface area contributed by atoms with Gasteiger partial charge in [0.1, 0.15) is 0 Å². The van der Waals surface area contributed by atoms with Crippen molar-refractivity contribution >= 4 is 11.9 Å². The Morgan fingerprint density at radius 3 is 0.899 bits per heavy atom. The van der Waals surface area contributed by atoms with Gasteiger partial charge in [0.25, 0.3) is 0 Å². The van der Waals surface area contributed by atoms with Crippen molar-refractivity contribution in [2.45, 2.75) is 418 Å². The Balaban J connectivity index is 3.39. The number of unbranched alkanes of at least 4 members (excludes halogenated alkanes) is 55. The number of aliphatic hydroxyl groups is 2. The van der Waals surface area contributed by atoms with Crippen LogP contribution in [0.3, 0.4) is 0 Å². The normalized spacial score (nSPS) is 12.6. The average molecular weight is 1110 g/mol. The summed E-state index contributed by atoms with van der Waals surface area (Å²) in [6, 6.07) is -0.627. The molecule has 0 bridgehead atoms. The molecule has 6 heteroatoms. The molecule has 1 amide bonds. The number of hydrogen-bond acceptors (Lipinski definition) is 5. The van der Waals surface area contributed by atoms with Crippen LogP contribution in [0, 0.1) is 0 Å². The fourth-order valence-corrected chi connectivity index (χ4v) is 11.5. The Morgan fingerprint density at radius 1 is 0.342 bits per heavy atom. The Kier molecular flexibility index (Phi) is 67.4. The van der Waals surface area contributed by atoms with Crippen LogP contribution in [0.5, 0.6) is 0 Å². The first-order valence-electron chi connectivity index (χ1n) is 36.1. The average Bonchev–Trinajstić information content (AvgIpc) is 3.45. The van der Waals surface area contributed by atoms with Gasteiger partial charge in [-0.3, -0.25) is 9.59 Å². The number of carbonyl (C=O) groups is 2. The third kappa shape index (κ3) is 65.4. The molecule has 0 saturated carbocycles. The minimum atomic E-state index is -0.844. The van der Waals surface area contributed by atoms with Crippen molar-refractivity contribution in [3.63, 3.8) is 0 Å². The number of allylic oxidation sites excluding steroid dienone is 3. The number of nitrogens with one attached hydrogen (secondary N) is 1. The van der Waals surface area contributed by atoms with Crippen LogP contribution >= 0.6 is 0 Å². The van der Waals surface area contributed by atoms with E-state index in [-0.39, 0.29) is 18.5 Å². The lowest BCUT2D eigenvalue weighted by atomic mass is 10.0. The molecule has 0 aromatic rings. The van der Waals surface area contributed by atoms with Crippen LogP contribution in [-0.4, -0.2) is 47.4 Å². The highest BCUT2D eigenvalue weighted by Gasteiger charge is 2.18. The van der Waals surface area contributed by atoms with Crippen LogP contribution in [0.2, 0.25) is 0 Å². The molecule has 0 saturated heterocycles. The molecule has 0 fully saturated rings. The van der Waals surface area contributed by atoms with Gasteiger partial charge in [0.15, 0.2) is 0 Å². The van der Waals surface area contributed by atoms with Gasteiger partial charge in [0, 0.05) is 12.8 Å². The van der Waals surface area contributed by atoms with Crippen LogP contribution < -0.4 is 5.32 Å². The third-order valence-electron chi connectivity index (χ3n) is 17.0. The van der Waals surface area contributed by atoms with Gasteiger partial charge in [0.2, 0.25) is 5.91 Å². The summed E-state index contributed by atoms with van der Waals surface area (Å²) in [6.07, 6.45) is 87.0. The van der Waals surface area contributed by atoms with Gasteiger partial charge in [-0.15, -0.1) is 0 Å². The highest BCUT2D eigenvalue weighted by molar-refractivity contribution is 5.76. The Hall–Kier alpha value is -1.66. The minimum Gasteiger partial charge on any atom is -0.466 e. The lowest BCUT2D eigenvalue weighted by Gasteiger charge is -2.20. The maximum Gasteiger partial charge on any atom is 0.305 e. The number of ether oxygens (including phenoxy) is 1. The van der Waals surface area contributed by atoms with Gasteiger partial charge in [-0.25, -0.2) is 0 Å². The lowest BCUT2D eigenvalue weighted by molar-refractivity contribution is -0.143. The van der Waals surface area contributed by atoms with Gasteiger partial charge in [0.05, 0.1) is 25.4 Å². The second kappa shape index (κ2) is 68.8. The Bertz CT molecular complexity index is 1230. The van der Waals surface area contributed by atoms with E-state index in [0.717, 1.165) is 38.5 Å². The number of carbonyl (C=O) groups excluding carboxylic acids is 2. The van der Waals surface area contributed by atoms with E-state index in [4.69, 9.17) is 4.74 Å². The van der Waals surface area contributed by atoms with Crippen LogP contribution in [0.25, 0.3) is 0 Å². The second-order valence-electron chi connectivity index (χ2n) is 24.9. The quantitative estimate of drug-likeness (QED) is 0.0320.